The van der Waals surface area contributed by atoms with Crippen LogP contribution in [-0.4, -0.2) is 58.1 Å². The number of nitrogens with two attached hydrogens (primary N) is 1. The monoisotopic (exact) mass is 556 g/mol. The molecular weight excluding hydrogens is 529 g/mol. The maximum absolute atomic E-state index is 13.4. The van der Waals surface area contributed by atoms with Gasteiger partial charge in [0.2, 0.25) is 11.8 Å². The molecule has 3 aromatic heterocycles. The van der Waals surface area contributed by atoms with Gasteiger partial charge < -0.3 is 24.5 Å². The van der Waals surface area contributed by atoms with E-state index in [4.69, 9.17) is 19.6 Å². The summed E-state index contributed by atoms with van der Waals surface area (Å²) in [4.78, 5) is 32.0. The number of likely N-dealkylation sites (tertiary alicyclic amines) is 1. The predicted octanol–water partition coefficient (Wildman–Crippen LogP) is 4.27. The molecule has 0 spiro atoms. The number of amides is 1. The summed E-state index contributed by atoms with van der Waals surface area (Å²) in [5, 5.41) is 0.330. The number of halogens is 3. The van der Waals surface area contributed by atoms with Crippen molar-refractivity contribution in [3.8, 4) is 23.1 Å². The van der Waals surface area contributed by atoms with Crippen LogP contribution in [0.5, 0.6) is 11.6 Å². The number of fused-ring (bicyclic) bond motifs is 1. The molecule has 0 saturated carbocycles. The first-order valence-electron chi connectivity index (χ1n) is 12.6. The first kappa shape index (κ1) is 27.3. The number of oxazole rings is 1. The third-order valence-electron chi connectivity index (χ3n) is 6.91. The number of benzene rings is 1. The molecule has 0 atom stereocenters. The normalized spacial score (nSPS) is 14.5. The number of ether oxygens (including phenoxy) is 2. The smallest absolute Gasteiger partial charge is 0.433 e. The molecule has 1 amide bonds. The number of hydrogen-bond donors (Lipinski definition) is 1. The summed E-state index contributed by atoms with van der Waals surface area (Å²) in [6, 6.07) is 6.94. The van der Waals surface area contributed by atoms with E-state index in [9.17, 15) is 18.0 Å². The Balaban J connectivity index is 1.37. The van der Waals surface area contributed by atoms with Crippen LogP contribution in [0.3, 0.4) is 0 Å². The Morgan fingerprint density at radius 1 is 1.07 bits per heavy atom. The van der Waals surface area contributed by atoms with Crippen LogP contribution in [0.1, 0.15) is 40.6 Å². The van der Waals surface area contributed by atoms with Gasteiger partial charge in [-0.3, -0.25) is 4.79 Å². The number of aromatic nitrogens is 4. The van der Waals surface area contributed by atoms with Crippen molar-refractivity contribution in [3.63, 3.8) is 0 Å². The number of piperidine rings is 1. The van der Waals surface area contributed by atoms with E-state index in [1.807, 2.05) is 0 Å². The number of alkyl halides is 3. The van der Waals surface area contributed by atoms with Crippen molar-refractivity contribution >= 4 is 16.8 Å². The van der Waals surface area contributed by atoms with Gasteiger partial charge in [-0.2, -0.15) is 18.2 Å². The van der Waals surface area contributed by atoms with Crippen molar-refractivity contribution in [1.82, 2.24) is 24.8 Å². The molecule has 2 N–H and O–H groups in total. The van der Waals surface area contributed by atoms with Gasteiger partial charge in [0.05, 0.1) is 20.8 Å². The Morgan fingerprint density at radius 3 is 2.52 bits per heavy atom. The van der Waals surface area contributed by atoms with Crippen LogP contribution in [0, 0.1) is 5.92 Å². The molecular formula is C27H27F3N6O4. The van der Waals surface area contributed by atoms with Crippen molar-refractivity contribution in [2.24, 2.45) is 11.7 Å². The van der Waals surface area contributed by atoms with Crippen molar-refractivity contribution in [3.05, 3.63) is 59.5 Å². The average molecular weight is 557 g/mol. The maximum Gasteiger partial charge on any atom is 0.433 e. The van der Waals surface area contributed by atoms with Gasteiger partial charge in [-0.1, -0.05) is 0 Å². The Bertz CT molecular complexity index is 1530. The van der Waals surface area contributed by atoms with Gasteiger partial charge in [-0.25, -0.2) is 15.0 Å². The van der Waals surface area contributed by atoms with Crippen LogP contribution in [0.2, 0.25) is 0 Å². The molecule has 4 aromatic rings. The standard InChI is InChI=1S/C27H27F3N6O4/c1-38-18-5-3-17(16-4-6-20(27(28,29)30)33-23(16)18)25-35-24(19(14-31)40-25)26(37)36-11-8-15(9-12-36)13-21-32-10-7-22(34-21)39-2/h3-7,10,15H,8-9,11-14,31H2,1-2H3. The number of carbonyl (C=O) groups is 1. The summed E-state index contributed by atoms with van der Waals surface area (Å²) in [5.74, 6) is 1.60. The SMILES string of the molecule is COc1ccnc(CC2CCN(C(=O)c3nc(-c4ccc(OC)c5nc(C(F)(F)F)ccc45)oc3CN)CC2)n1. The molecule has 1 aromatic carbocycles. The fourth-order valence-electron chi connectivity index (χ4n) is 4.81. The highest BCUT2D eigenvalue weighted by molar-refractivity contribution is 5.98. The zero-order chi connectivity index (χ0) is 28.4. The molecule has 0 bridgehead atoms. The number of methoxy groups -OCH3 is 2. The summed E-state index contributed by atoms with van der Waals surface area (Å²) >= 11 is 0. The van der Waals surface area contributed by atoms with E-state index in [0.29, 0.717) is 48.1 Å². The summed E-state index contributed by atoms with van der Waals surface area (Å²) in [6.07, 6.45) is -0.779. The van der Waals surface area contributed by atoms with Gasteiger partial charge in [-0.05, 0) is 43.0 Å². The summed E-state index contributed by atoms with van der Waals surface area (Å²) in [5.41, 5.74) is 5.27. The van der Waals surface area contributed by atoms with E-state index in [1.54, 1.807) is 30.3 Å². The van der Waals surface area contributed by atoms with Gasteiger partial charge in [0, 0.05) is 42.7 Å². The third kappa shape index (κ3) is 5.41. The second-order valence-corrected chi connectivity index (χ2v) is 9.36. The van der Waals surface area contributed by atoms with Crippen LogP contribution < -0.4 is 15.2 Å². The van der Waals surface area contributed by atoms with E-state index < -0.39 is 11.9 Å². The molecule has 0 aliphatic carbocycles. The molecule has 5 rings (SSSR count). The Morgan fingerprint density at radius 2 is 1.85 bits per heavy atom. The minimum atomic E-state index is -4.63. The van der Waals surface area contributed by atoms with Crippen LogP contribution in [0.4, 0.5) is 13.2 Å². The number of rotatable bonds is 7. The van der Waals surface area contributed by atoms with Gasteiger partial charge >= 0.3 is 6.18 Å². The van der Waals surface area contributed by atoms with Crippen molar-refractivity contribution in [1.29, 1.82) is 0 Å². The number of hydrogen-bond acceptors (Lipinski definition) is 9. The molecule has 40 heavy (non-hydrogen) atoms. The number of nitrogens with zero attached hydrogens (tertiary/aromatic N) is 5. The minimum Gasteiger partial charge on any atom is -0.494 e. The highest BCUT2D eigenvalue weighted by Gasteiger charge is 2.34. The largest absolute Gasteiger partial charge is 0.494 e. The van der Waals surface area contributed by atoms with Crippen molar-refractivity contribution in [2.45, 2.75) is 32.0 Å². The number of pyridine rings is 1. The molecule has 13 heteroatoms. The summed E-state index contributed by atoms with van der Waals surface area (Å²) < 4.78 is 56.2. The second kappa shape index (κ2) is 11.1. The van der Waals surface area contributed by atoms with E-state index in [-0.39, 0.29) is 41.1 Å². The molecule has 1 aliphatic heterocycles. The number of carbonyl (C=O) groups excluding carboxylic acids is 1. The lowest BCUT2D eigenvalue weighted by molar-refractivity contribution is -0.140. The topological polar surface area (TPSA) is 129 Å². The maximum atomic E-state index is 13.4. The molecule has 4 heterocycles. The zero-order valence-electron chi connectivity index (χ0n) is 21.9. The van der Waals surface area contributed by atoms with E-state index in [2.05, 4.69) is 19.9 Å². The highest BCUT2D eigenvalue weighted by Crippen LogP contribution is 2.37. The summed E-state index contributed by atoms with van der Waals surface area (Å²) in [6.45, 7) is 0.937. The van der Waals surface area contributed by atoms with Crippen LogP contribution >= 0.6 is 0 Å². The molecule has 10 nitrogen and oxygen atoms in total. The highest BCUT2D eigenvalue weighted by atomic mass is 19.4. The fraction of sp³-hybridized carbons (Fsp3) is 0.370. The Labute approximate surface area is 227 Å². The lowest BCUT2D eigenvalue weighted by Gasteiger charge is -2.31. The predicted molar refractivity (Wildman–Crippen MR) is 138 cm³/mol. The van der Waals surface area contributed by atoms with Crippen LogP contribution in [-0.2, 0) is 19.1 Å². The van der Waals surface area contributed by atoms with Gasteiger partial charge in [0.1, 0.15) is 22.8 Å². The first-order valence-corrected chi connectivity index (χ1v) is 12.6. The summed E-state index contributed by atoms with van der Waals surface area (Å²) in [7, 11) is 2.90. The molecule has 210 valence electrons. The molecule has 1 aliphatic rings. The van der Waals surface area contributed by atoms with Gasteiger partial charge in [-0.15, -0.1) is 0 Å². The molecule has 1 fully saturated rings. The van der Waals surface area contributed by atoms with Gasteiger partial charge in [0.25, 0.3) is 5.91 Å². The molecule has 1 saturated heterocycles. The minimum absolute atomic E-state index is 0.00251. The Kier molecular flexibility index (Phi) is 7.57. The van der Waals surface area contributed by atoms with Gasteiger partial charge in [0.15, 0.2) is 11.5 Å². The van der Waals surface area contributed by atoms with Crippen LogP contribution in [0.25, 0.3) is 22.4 Å². The van der Waals surface area contributed by atoms with E-state index >= 15 is 0 Å². The van der Waals surface area contributed by atoms with Crippen molar-refractivity contribution < 1.29 is 31.9 Å². The second-order valence-electron chi connectivity index (χ2n) is 9.36. The first-order chi connectivity index (χ1) is 19.2. The fourth-order valence-corrected chi connectivity index (χ4v) is 4.81. The quantitative estimate of drug-likeness (QED) is 0.355. The third-order valence-corrected chi connectivity index (χ3v) is 6.91. The van der Waals surface area contributed by atoms with Crippen LogP contribution in [0.15, 0.2) is 40.9 Å². The van der Waals surface area contributed by atoms with Crippen molar-refractivity contribution in [2.75, 3.05) is 27.3 Å². The Hall–Kier alpha value is -4.26. The molecule has 0 unspecified atom stereocenters. The van der Waals surface area contributed by atoms with E-state index in [0.717, 1.165) is 18.9 Å². The lowest BCUT2D eigenvalue weighted by Crippen LogP contribution is -2.39. The van der Waals surface area contributed by atoms with E-state index in [1.165, 1.54) is 19.2 Å². The lowest BCUT2D eigenvalue weighted by atomic mass is 9.93. The molecule has 0 radical (unpaired) electrons. The average Bonchev–Trinajstić information content (AvgIpc) is 3.40. The zero-order valence-corrected chi connectivity index (χ0v) is 21.9.